The van der Waals surface area contributed by atoms with E-state index >= 15 is 0 Å². The van der Waals surface area contributed by atoms with Gasteiger partial charge in [-0.25, -0.2) is 9.18 Å². The number of halogens is 2. The maximum Gasteiger partial charge on any atom is 0.331 e. The molecule has 7 heteroatoms. The Hall–Kier alpha value is -1.99. The number of benzene rings is 1. The zero-order chi connectivity index (χ0) is 17.4. The minimum absolute atomic E-state index is 0.252. The van der Waals surface area contributed by atoms with E-state index in [1.54, 1.807) is 17.4 Å². The van der Waals surface area contributed by atoms with Gasteiger partial charge in [0.1, 0.15) is 5.82 Å². The van der Waals surface area contributed by atoms with Crippen LogP contribution in [0.5, 0.6) is 0 Å². The molecule has 2 aromatic rings. The van der Waals surface area contributed by atoms with Crippen molar-refractivity contribution in [3.63, 3.8) is 0 Å². The topological polar surface area (TPSA) is 55.4 Å². The van der Waals surface area contributed by atoms with Crippen LogP contribution in [0, 0.1) is 5.82 Å². The Labute approximate surface area is 151 Å². The molecular formula is C17H15BrFNO3S. The molecule has 24 heavy (non-hydrogen) atoms. The van der Waals surface area contributed by atoms with Gasteiger partial charge in [0.2, 0.25) is 0 Å². The molecule has 0 fully saturated rings. The number of carbonyl (C=O) groups is 2. The van der Waals surface area contributed by atoms with Gasteiger partial charge >= 0.3 is 5.97 Å². The van der Waals surface area contributed by atoms with Crippen LogP contribution in [-0.2, 0) is 20.7 Å². The van der Waals surface area contributed by atoms with E-state index in [0.717, 1.165) is 12.5 Å². The largest absolute Gasteiger partial charge is 0.452 e. The highest BCUT2D eigenvalue weighted by molar-refractivity contribution is 9.10. The lowest BCUT2D eigenvalue weighted by atomic mass is 10.2. The Bertz CT molecular complexity index is 731. The summed E-state index contributed by atoms with van der Waals surface area (Å²) in [6.45, 7) is 0.116. The first-order chi connectivity index (χ1) is 11.5. The maximum atomic E-state index is 13.5. The van der Waals surface area contributed by atoms with Crippen LogP contribution >= 0.6 is 27.3 Å². The third kappa shape index (κ3) is 6.25. The molecule has 2 rings (SSSR count). The molecule has 4 nitrogen and oxygen atoms in total. The Balaban J connectivity index is 1.71. The van der Waals surface area contributed by atoms with Gasteiger partial charge in [0.05, 0.1) is 0 Å². The molecule has 0 unspecified atom stereocenters. The van der Waals surface area contributed by atoms with E-state index < -0.39 is 11.8 Å². The Morgan fingerprint density at radius 1 is 1.33 bits per heavy atom. The van der Waals surface area contributed by atoms with Crippen molar-refractivity contribution < 1.29 is 18.7 Å². The van der Waals surface area contributed by atoms with Gasteiger partial charge in [-0.05, 0) is 42.1 Å². The zero-order valence-electron chi connectivity index (χ0n) is 12.6. The fraction of sp³-hybridized carbons (Fsp3) is 0.176. The minimum Gasteiger partial charge on any atom is -0.452 e. The van der Waals surface area contributed by atoms with Crippen LogP contribution in [0.1, 0.15) is 10.4 Å². The molecule has 1 amide bonds. The third-order valence-electron chi connectivity index (χ3n) is 2.98. The quantitative estimate of drug-likeness (QED) is 0.559. The SMILES string of the molecule is O=C(COC(=O)/C=C/c1cc(Br)ccc1F)NCCc1cccs1. The Morgan fingerprint density at radius 3 is 2.92 bits per heavy atom. The summed E-state index contributed by atoms with van der Waals surface area (Å²) in [5, 5.41) is 4.64. The summed E-state index contributed by atoms with van der Waals surface area (Å²) < 4.78 is 19.0. The molecule has 1 heterocycles. The molecule has 0 spiro atoms. The number of esters is 1. The van der Waals surface area contributed by atoms with Gasteiger partial charge in [-0.1, -0.05) is 22.0 Å². The summed E-state index contributed by atoms with van der Waals surface area (Å²) in [5.41, 5.74) is 0.252. The van der Waals surface area contributed by atoms with Gasteiger partial charge in [0, 0.05) is 27.5 Å². The summed E-state index contributed by atoms with van der Waals surface area (Å²) in [5.74, 6) is -1.53. The van der Waals surface area contributed by atoms with Gasteiger partial charge in [-0.15, -0.1) is 11.3 Å². The molecule has 0 aliphatic rings. The van der Waals surface area contributed by atoms with Gasteiger partial charge in [-0.2, -0.15) is 0 Å². The number of hydrogen-bond acceptors (Lipinski definition) is 4. The highest BCUT2D eigenvalue weighted by Crippen LogP contribution is 2.16. The van der Waals surface area contributed by atoms with E-state index in [4.69, 9.17) is 4.74 Å². The lowest BCUT2D eigenvalue weighted by molar-refractivity contribution is -0.143. The molecule has 0 aliphatic carbocycles. The minimum atomic E-state index is -0.706. The average molecular weight is 412 g/mol. The maximum absolute atomic E-state index is 13.5. The van der Waals surface area contributed by atoms with Crippen molar-refractivity contribution >= 4 is 45.2 Å². The smallest absolute Gasteiger partial charge is 0.331 e. The summed E-state index contributed by atoms with van der Waals surface area (Å²) in [6.07, 6.45) is 3.13. The van der Waals surface area contributed by atoms with Crippen LogP contribution in [0.2, 0.25) is 0 Å². The second-order valence-corrected chi connectivity index (χ2v) is 6.73. The van der Waals surface area contributed by atoms with Crippen molar-refractivity contribution in [1.29, 1.82) is 0 Å². The number of carbonyl (C=O) groups excluding carboxylic acids is 2. The molecule has 0 saturated heterocycles. The number of rotatable bonds is 7. The van der Waals surface area contributed by atoms with Crippen molar-refractivity contribution in [2.45, 2.75) is 6.42 Å². The van der Waals surface area contributed by atoms with E-state index in [1.807, 2.05) is 17.5 Å². The molecular weight excluding hydrogens is 397 g/mol. The first-order valence-corrected chi connectivity index (χ1v) is 8.81. The summed E-state index contributed by atoms with van der Waals surface area (Å²) >= 11 is 4.84. The predicted molar refractivity (Wildman–Crippen MR) is 95.1 cm³/mol. The third-order valence-corrected chi connectivity index (χ3v) is 4.41. The Morgan fingerprint density at radius 2 is 2.17 bits per heavy atom. The molecule has 0 radical (unpaired) electrons. The van der Waals surface area contributed by atoms with Crippen LogP contribution in [0.15, 0.2) is 46.3 Å². The lowest BCUT2D eigenvalue weighted by Crippen LogP contribution is -2.30. The van der Waals surface area contributed by atoms with Crippen molar-refractivity contribution in [2.24, 2.45) is 0 Å². The average Bonchev–Trinajstić information content (AvgIpc) is 3.07. The van der Waals surface area contributed by atoms with Gasteiger partial charge < -0.3 is 10.1 Å². The molecule has 0 aliphatic heterocycles. The fourth-order valence-electron chi connectivity index (χ4n) is 1.82. The van der Waals surface area contributed by atoms with E-state index in [2.05, 4.69) is 21.2 Å². The van der Waals surface area contributed by atoms with Crippen molar-refractivity contribution in [3.8, 4) is 0 Å². The van der Waals surface area contributed by atoms with Gasteiger partial charge in [0.25, 0.3) is 5.91 Å². The van der Waals surface area contributed by atoms with Crippen LogP contribution in [-0.4, -0.2) is 25.0 Å². The number of ether oxygens (including phenoxy) is 1. The highest BCUT2D eigenvalue weighted by atomic mass is 79.9. The molecule has 126 valence electrons. The van der Waals surface area contributed by atoms with Crippen molar-refractivity contribution in [1.82, 2.24) is 5.32 Å². The molecule has 1 aromatic heterocycles. The molecule has 1 N–H and O–H groups in total. The number of amides is 1. The van der Waals surface area contributed by atoms with E-state index in [9.17, 15) is 14.0 Å². The van der Waals surface area contributed by atoms with Crippen LogP contribution in [0.4, 0.5) is 4.39 Å². The lowest BCUT2D eigenvalue weighted by Gasteiger charge is -2.04. The Kier molecular flexibility index (Phi) is 7.14. The van der Waals surface area contributed by atoms with E-state index in [-0.39, 0.29) is 18.1 Å². The normalized spacial score (nSPS) is 10.8. The van der Waals surface area contributed by atoms with E-state index in [0.29, 0.717) is 11.0 Å². The summed E-state index contributed by atoms with van der Waals surface area (Å²) in [6, 6.07) is 8.32. The molecule has 0 atom stereocenters. The highest BCUT2D eigenvalue weighted by Gasteiger charge is 2.06. The standard InChI is InChI=1S/C17H15BrFNO3S/c18-13-4-5-15(19)12(10-13)3-6-17(22)23-11-16(21)20-8-7-14-2-1-9-24-14/h1-6,9-10H,7-8,11H2,(H,20,21)/b6-3+. The fourth-order valence-corrected chi connectivity index (χ4v) is 2.90. The van der Waals surface area contributed by atoms with Gasteiger partial charge in [-0.3, -0.25) is 4.79 Å². The predicted octanol–water partition coefficient (Wildman–Crippen LogP) is 3.57. The first-order valence-electron chi connectivity index (χ1n) is 7.13. The molecule has 0 saturated carbocycles. The van der Waals surface area contributed by atoms with Crippen molar-refractivity contribution in [2.75, 3.05) is 13.2 Å². The number of nitrogens with one attached hydrogen (secondary N) is 1. The molecule has 0 bridgehead atoms. The van der Waals surface area contributed by atoms with Crippen LogP contribution < -0.4 is 5.32 Å². The second kappa shape index (κ2) is 9.34. The number of thiophene rings is 1. The van der Waals surface area contributed by atoms with Gasteiger partial charge in [0.15, 0.2) is 6.61 Å². The molecule has 1 aromatic carbocycles. The number of hydrogen-bond donors (Lipinski definition) is 1. The van der Waals surface area contributed by atoms with Crippen LogP contribution in [0.25, 0.3) is 6.08 Å². The van der Waals surface area contributed by atoms with E-state index in [1.165, 1.54) is 23.1 Å². The second-order valence-electron chi connectivity index (χ2n) is 4.79. The van der Waals surface area contributed by atoms with Crippen molar-refractivity contribution in [3.05, 3.63) is 62.5 Å². The van der Waals surface area contributed by atoms with Crippen LogP contribution in [0.3, 0.4) is 0 Å². The first kappa shape index (κ1) is 18.4. The zero-order valence-corrected chi connectivity index (χ0v) is 15.0. The monoisotopic (exact) mass is 411 g/mol. The summed E-state index contributed by atoms with van der Waals surface area (Å²) in [7, 11) is 0. The summed E-state index contributed by atoms with van der Waals surface area (Å²) in [4.78, 5) is 24.3.